The fourth-order valence-corrected chi connectivity index (χ4v) is 3.32. The third kappa shape index (κ3) is 8.30. The maximum Gasteiger partial charge on any atom is 0.239 e. The fourth-order valence-electron chi connectivity index (χ4n) is 2.28. The Labute approximate surface area is 169 Å². The zero-order valence-electron chi connectivity index (χ0n) is 16.1. The van der Waals surface area contributed by atoms with Crippen LogP contribution in [-0.4, -0.2) is 38.3 Å². The second-order valence-electron chi connectivity index (χ2n) is 6.86. The normalized spacial score (nSPS) is 11.2. The maximum absolute atomic E-state index is 12.9. The van der Waals surface area contributed by atoms with Crippen LogP contribution in [0, 0.1) is 11.7 Å². The summed E-state index contributed by atoms with van der Waals surface area (Å²) in [6.45, 7) is 4.61. The SMILES string of the molecule is CC(C)COc1ccc(NC(=O)CS(=O)(=O)CC(=O)Nc2ccc(F)cc2)cc1. The molecular weight excluding hydrogens is 399 g/mol. The number of carbonyl (C=O) groups excluding carboxylic acids is 2. The number of sulfone groups is 1. The van der Waals surface area contributed by atoms with Crippen molar-refractivity contribution in [3.8, 4) is 5.75 Å². The minimum Gasteiger partial charge on any atom is -0.493 e. The molecule has 0 aromatic heterocycles. The molecule has 0 unspecified atom stereocenters. The molecule has 0 saturated carbocycles. The van der Waals surface area contributed by atoms with Gasteiger partial charge < -0.3 is 15.4 Å². The predicted molar refractivity (Wildman–Crippen MR) is 109 cm³/mol. The Balaban J connectivity index is 1.85. The van der Waals surface area contributed by atoms with Gasteiger partial charge in [-0.2, -0.15) is 0 Å². The third-order valence-corrected chi connectivity index (χ3v) is 4.96. The molecule has 0 atom stereocenters. The zero-order chi connectivity index (χ0) is 21.4. The molecule has 0 saturated heterocycles. The molecule has 0 aliphatic heterocycles. The van der Waals surface area contributed by atoms with Gasteiger partial charge in [0.1, 0.15) is 23.1 Å². The standard InChI is InChI=1S/C20H23FN2O5S/c1-14(2)11-28-18-9-7-17(8-10-18)23-20(25)13-29(26,27)12-19(24)22-16-5-3-15(21)4-6-16/h3-10,14H,11-13H2,1-2H3,(H,22,24)(H,23,25). The lowest BCUT2D eigenvalue weighted by Gasteiger charge is -2.10. The molecule has 0 fully saturated rings. The van der Waals surface area contributed by atoms with Gasteiger partial charge in [0.25, 0.3) is 0 Å². The second-order valence-corrected chi connectivity index (χ2v) is 8.93. The van der Waals surface area contributed by atoms with Crippen LogP contribution in [0.25, 0.3) is 0 Å². The first-order valence-corrected chi connectivity index (χ1v) is 10.7. The molecule has 0 aliphatic carbocycles. The summed E-state index contributed by atoms with van der Waals surface area (Å²) in [5.74, 6) is -2.73. The number of hydrogen-bond donors (Lipinski definition) is 2. The Kier molecular flexibility index (Phi) is 7.72. The largest absolute Gasteiger partial charge is 0.493 e. The lowest BCUT2D eigenvalue weighted by Crippen LogP contribution is -2.30. The number of amides is 2. The van der Waals surface area contributed by atoms with E-state index < -0.39 is 39.0 Å². The van der Waals surface area contributed by atoms with Gasteiger partial charge >= 0.3 is 0 Å². The van der Waals surface area contributed by atoms with E-state index in [9.17, 15) is 22.4 Å². The molecule has 2 amide bonds. The Morgan fingerprint density at radius 1 is 0.897 bits per heavy atom. The Bertz CT molecular complexity index is 942. The van der Waals surface area contributed by atoms with Crippen molar-refractivity contribution in [2.24, 2.45) is 5.92 Å². The summed E-state index contributed by atoms with van der Waals surface area (Å²) in [7, 11) is -3.98. The summed E-state index contributed by atoms with van der Waals surface area (Å²) in [6.07, 6.45) is 0. The van der Waals surface area contributed by atoms with Crippen LogP contribution < -0.4 is 15.4 Å². The number of anilines is 2. The Hall–Kier alpha value is -2.94. The van der Waals surface area contributed by atoms with Crippen molar-refractivity contribution >= 4 is 33.0 Å². The van der Waals surface area contributed by atoms with Crippen LogP contribution in [0.4, 0.5) is 15.8 Å². The molecular formula is C20H23FN2O5S. The molecule has 0 aliphatic rings. The van der Waals surface area contributed by atoms with E-state index in [0.29, 0.717) is 24.0 Å². The molecule has 2 aromatic carbocycles. The molecule has 2 rings (SSSR count). The van der Waals surface area contributed by atoms with Crippen LogP contribution in [-0.2, 0) is 19.4 Å². The van der Waals surface area contributed by atoms with Crippen molar-refractivity contribution in [3.63, 3.8) is 0 Å². The third-order valence-electron chi connectivity index (χ3n) is 3.55. The number of benzene rings is 2. The van der Waals surface area contributed by atoms with Crippen molar-refractivity contribution in [3.05, 3.63) is 54.3 Å². The molecule has 2 aromatic rings. The highest BCUT2D eigenvalue weighted by molar-refractivity contribution is 7.92. The fraction of sp³-hybridized carbons (Fsp3) is 0.300. The highest BCUT2D eigenvalue weighted by Gasteiger charge is 2.21. The molecule has 9 heteroatoms. The van der Waals surface area contributed by atoms with Gasteiger partial charge in [0.2, 0.25) is 11.8 Å². The first-order chi connectivity index (χ1) is 13.6. The van der Waals surface area contributed by atoms with Gasteiger partial charge in [-0.1, -0.05) is 13.8 Å². The van der Waals surface area contributed by atoms with Gasteiger partial charge in [-0.25, -0.2) is 12.8 Å². The number of nitrogens with one attached hydrogen (secondary N) is 2. The van der Waals surface area contributed by atoms with E-state index in [1.54, 1.807) is 24.3 Å². The average molecular weight is 422 g/mol. The molecule has 2 N–H and O–H groups in total. The van der Waals surface area contributed by atoms with Crippen LogP contribution in [0.3, 0.4) is 0 Å². The zero-order valence-corrected chi connectivity index (χ0v) is 17.0. The smallest absolute Gasteiger partial charge is 0.239 e. The number of rotatable bonds is 9. The van der Waals surface area contributed by atoms with E-state index in [1.165, 1.54) is 12.1 Å². The van der Waals surface area contributed by atoms with Crippen molar-refractivity contribution in [2.45, 2.75) is 13.8 Å². The quantitative estimate of drug-likeness (QED) is 0.647. The van der Waals surface area contributed by atoms with E-state index in [4.69, 9.17) is 4.74 Å². The van der Waals surface area contributed by atoms with Crippen molar-refractivity contribution < 1.29 is 27.1 Å². The Morgan fingerprint density at radius 2 is 1.34 bits per heavy atom. The summed E-state index contributed by atoms with van der Waals surface area (Å²) in [5.41, 5.74) is 0.675. The molecule has 0 heterocycles. The van der Waals surface area contributed by atoms with Crippen LogP contribution in [0.2, 0.25) is 0 Å². The van der Waals surface area contributed by atoms with Crippen LogP contribution in [0.1, 0.15) is 13.8 Å². The van der Waals surface area contributed by atoms with Gasteiger partial charge in [0.15, 0.2) is 9.84 Å². The molecule has 156 valence electrons. The first-order valence-electron chi connectivity index (χ1n) is 8.91. The van der Waals surface area contributed by atoms with Gasteiger partial charge in [-0.15, -0.1) is 0 Å². The molecule has 29 heavy (non-hydrogen) atoms. The van der Waals surface area contributed by atoms with E-state index in [2.05, 4.69) is 10.6 Å². The highest BCUT2D eigenvalue weighted by Crippen LogP contribution is 2.16. The first kappa shape index (κ1) is 22.4. The summed E-state index contributed by atoms with van der Waals surface area (Å²) in [6, 6.07) is 11.4. The van der Waals surface area contributed by atoms with Crippen LogP contribution in [0.5, 0.6) is 5.75 Å². The minimum absolute atomic E-state index is 0.260. The minimum atomic E-state index is -3.98. The van der Waals surface area contributed by atoms with E-state index >= 15 is 0 Å². The second kappa shape index (κ2) is 10.0. The lowest BCUT2D eigenvalue weighted by atomic mass is 10.2. The summed E-state index contributed by atoms with van der Waals surface area (Å²) in [4.78, 5) is 23.9. The monoisotopic (exact) mass is 422 g/mol. The molecule has 7 nitrogen and oxygen atoms in total. The van der Waals surface area contributed by atoms with Crippen molar-refractivity contribution in [1.82, 2.24) is 0 Å². The van der Waals surface area contributed by atoms with Crippen LogP contribution in [0.15, 0.2) is 48.5 Å². The van der Waals surface area contributed by atoms with E-state index in [0.717, 1.165) is 12.1 Å². The van der Waals surface area contributed by atoms with Gasteiger partial charge in [0, 0.05) is 11.4 Å². The summed E-state index contributed by atoms with van der Waals surface area (Å²) < 4.78 is 42.6. The number of halogens is 1. The van der Waals surface area contributed by atoms with Gasteiger partial charge in [0.05, 0.1) is 6.61 Å². The van der Waals surface area contributed by atoms with Crippen molar-refractivity contribution in [2.75, 3.05) is 28.7 Å². The van der Waals surface area contributed by atoms with Gasteiger partial charge in [-0.3, -0.25) is 9.59 Å². The number of hydrogen-bond acceptors (Lipinski definition) is 5. The molecule has 0 bridgehead atoms. The predicted octanol–water partition coefficient (Wildman–Crippen LogP) is 2.85. The van der Waals surface area contributed by atoms with Crippen LogP contribution >= 0.6 is 0 Å². The van der Waals surface area contributed by atoms with Crippen molar-refractivity contribution in [1.29, 1.82) is 0 Å². The maximum atomic E-state index is 12.9. The molecule has 0 radical (unpaired) electrons. The summed E-state index contributed by atoms with van der Waals surface area (Å²) in [5, 5.41) is 4.82. The number of carbonyl (C=O) groups is 2. The van der Waals surface area contributed by atoms with E-state index in [1.807, 2.05) is 13.8 Å². The van der Waals surface area contributed by atoms with E-state index in [-0.39, 0.29) is 5.69 Å². The molecule has 0 spiro atoms. The topological polar surface area (TPSA) is 102 Å². The lowest BCUT2D eigenvalue weighted by molar-refractivity contribution is -0.114. The number of ether oxygens (including phenoxy) is 1. The summed E-state index contributed by atoms with van der Waals surface area (Å²) >= 11 is 0. The average Bonchev–Trinajstić information content (AvgIpc) is 2.62. The highest BCUT2D eigenvalue weighted by atomic mass is 32.2. The van der Waals surface area contributed by atoms with Gasteiger partial charge in [-0.05, 0) is 54.4 Å². The Morgan fingerprint density at radius 3 is 1.79 bits per heavy atom.